The molecule has 0 atom stereocenters. The van der Waals surface area contributed by atoms with Gasteiger partial charge in [-0.05, 0) is 35.9 Å². The molecule has 0 aliphatic heterocycles. The first-order valence-electron chi connectivity index (χ1n) is 6.25. The van der Waals surface area contributed by atoms with Crippen LogP contribution < -0.4 is 11.1 Å². The van der Waals surface area contributed by atoms with Gasteiger partial charge in [0.2, 0.25) is 0 Å². The van der Waals surface area contributed by atoms with Gasteiger partial charge < -0.3 is 11.1 Å². The van der Waals surface area contributed by atoms with E-state index < -0.39 is 0 Å². The molecule has 0 bridgehead atoms. The van der Waals surface area contributed by atoms with Crippen LogP contribution >= 0.6 is 0 Å². The summed E-state index contributed by atoms with van der Waals surface area (Å²) < 4.78 is 0. The van der Waals surface area contributed by atoms with Gasteiger partial charge in [0, 0.05) is 17.6 Å². The molecular weight excluding hydrogens is 234 g/mol. The van der Waals surface area contributed by atoms with Crippen molar-refractivity contribution in [3.63, 3.8) is 0 Å². The standard InChI is InChI=1S/C16H15N3/c17-14-6-3-4-12(10-14)11-18-16-9-8-13-5-1-2-7-15(13)19-16/h1-10H,11,17H2,(H,18,19). The average molecular weight is 249 g/mol. The second kappa shape index (κ2) is 4.98. The van der Waals surface area contributed by atoms with E-state index in [0.717, 1.165) is 34.5 Å². The first-order chi connectivity index (χ1) is 9.31. The first-order valence-corrected chi connectivity index (χ1v) is 6.25. The molecule has 0 unspecified atom stereocenters. The number of nitrogens with one attached hydrogen (secondary N) is 1. The molecule has 0 saturated carbocycles. The summed E-state index contributed by atoms with van der Waals surface area (Å²) in [6.45, 7) is 0.719. The van der Waals surface area contributed by atoms with E-state index in [1.807, 2.05) is 48.5 Å². The van der Waals surface area contributed by atoms with Gasteiger partial charge in [0.05, 0.1) is 5.52 Å². The SMILES string of the molecule is Nc1cccc(CNc2ccc3ccccc3n2)c1. The Labute approximate surface area is 112 Å². The van der Waals surface area contributed by atoms with Crippen molar-refractivity contribution in [2.24, 2.45) is 0 Å². The molecule has 3 nitrogen and oxygen atoms in total. The molecule has 94 valence electrons. The Hall–Kier alpha value is -2.55. The van der Waals surface area contributed by atoms with Crippen molar-refractivity contribution >= 4 is 22.4 Å². The van der Waals surface area contributed by atoms with E-state index >= 15 is 0 Å². The Balaban J connectivity index is 1.78. The maximum absolute atomic E-state index is 5.76. The molecular formula is C16H15N3. The number of para-hydroxylation sites is 1. The van der Waals surface area contributed by atoms with Crippen molar-refractivity contribution in [1.82, 2.24) is 4.98 Å². The van der Waals surface area contributed by atoms with Crippen molar-refractivity contribution in [1.29, 1.82) is 0 Å². The van der Waals surface area contributed by atoms with Crippen LogP contribution in [-0.2, 0) is 6.54 Å². The van der Waals surface area contributed by atoms with Crippen LogP contribution in [0.4, 0.5) is 11.5 Å². The van der Waals surface area contributed by atoms with E-state index in [9.17, 15) is 0 Å². The number of hydrogen-bond acceptors (Lipinski definition) is 3. The predicted molar refractivity (Wildman–Crippen MR) is 79.9 cm³/mol. The number of aromatic nitrogens is 1. The molecule has 0 aliphatic carbocycles. The summed E-state index contributed by atoms with van der Waals surface area (Å²) in [5.74, 6) is 0.876. The quantitative estimate of drug-likeness (QED) is 0.699. The summed E-state index contributed by atoms with van der Waals surface area (Å²) in [4.78, 5) is 4.57. The van der Waals surface area contributed by atoms with Gasteiger partial charge in [-0.1, -0.05) is 30.3 Å². The largest absolute Gasteiger partial charge is 0.399 e. The molecule has 3 aromatic rings. The summed E-state index contributed by atoms with van der Waals surface area (Å²) in [6, 6.07) is 20.0. The molecule has 0 spiro atoms. The normalized spacial score (nSPS) is 10.5. The third kappa shape index (κ3) is 2.65. The highest BCUT2D eigenvalue weighted by Gasteiger charge is 1.98. The minimum atomic E-state index is 0.719. The predicted octanol–water partition coefficient (Wildman–Crippen LogP) is 3.43. The molecule has 1 aromatic heterocycles. The third-order valence-electron chi connectivity index (χ3n) is 3.02. The smallest absolute Gasteiger partial charge is 0.126 e. The van der Waals surface area contributed by atoms with Crippen LogP contribution in [0.15, 0.2) is 60.7 Å². The van der Waals surface area contributed by atoms with Crippen LogP contribution in [0.1, 0.15) is 5.56 Å². The fourth-order valence-electron chi connectivity index (χ4n) is 2.06. The molecule has 3 heteroatoms. The number of fused-ring (bicyclic) bond motifs is 1. The highest BCUT2D eigenvalue weighted by atomic mass is 15.0. The van der Waals surface area contributed by atoms with Crippen LogP contribution in [0.3, 0.4) is 0 Å². The molecule has 2 aromatic carbocycles. The number of rotatable bonds is 3. The minimum absolute atomic E-state index is 0.719. The lowest BCUT2D eigenvalue weighted by Crippen LogP contribution is -2.01. The molecule has 3 N–H and O–H groups in total. The second-order valence-corrected chi connectivity index (χ2v) is 4.49. The molecule has 0 amide bonds. The first kappa shape index (κ1) is 11.5. The fraction of sp³-hybridized carbons (Fsp3) is 0.0625. The van der Waals surface area contributed by atoms with Gasteiger partial charge in [-0.2, -0.15) is 0 Å². The Bertz CT molecular complexity index is 707. The number of anilines is 2. The van der Waals surface area contributed by atoms with Gasteiger partial charge in [-0.3, -0.25) is 0 Å². The molecule has 0 aliphatic rings. The number of hydrogen-bond donors (Lipinski definition) is 2. The molecule has 3 rings (SSSR count). The van der Waals surface area contributed by atoms with Gasteiger partial charge in [0.1, 0.15) is 5.82 Å². The number of nitrogens with zero attached hydrogens (tertiary/aromatic N) is 1. The van der Waals surface area contributed by atoms with E-state index in [0.29, 0.717) is 0 Å². The summed E-state index contributed by atoms with van der Waals surface area (Å²) in [5, 5.41) is 4.46. The van der Waals surface area contributed by atoms with Crippen LogP contribution in [-0.4, -0.2) is 4.98 Å². The summed E-state index contributed by atoms with van der Waals surface area (Å²) in [7, 11) is 0. The Morgan fingerprint density at radius 1 is 0.947 bits per heavy atom. The maximum atomic E-state index is 5.76. The lowest BCUT2D eigenvalue weighted by Gasteiger charge is -2.07. The van der Waals surface area contributed by atoms with E-state index in [1.54, 1.807) is 0 Å². The molecule has 1 heterocycles. The van der Waals surface area contributed by atoms with Crippen molar-refractivity contribution < 1.29 is 0 Å². The van der Waals surface area contributed by atoms with Gasteiger partial charge in [-0.15, -0.1) is 0 Å². The highest BCUT2D eigenvalue weighted by molar-refractivity contribution is 5.80. The number of nitrogens with two attached hydrogens (primary N) is 1. The van der Waals surface area contributed by atoms with E-state index in [2.05, 4.69) is 22.4 Å². The summed E-state index contributed by atoms with van der Waals surface area (Å²) >= 11 is 0. The summed E-state index contributed by atoms with van der Waals surface area (Å²) in [5.41, 5.74) is 8.69. The van der Waals surface area contributed by atoms with Crippen LogP contribution in [0.5, 0.6) is 0 Å². The lowest BCUT2D eigenvalue weighted by molar-refractivity contribution is 1.12. The van der Waals surface area contributed by atoms with Gasteiger partial charge in [-0.25, -0.2) is 4.98 Å². The Morgan fingerprint density at radius 2 is 1.84 bits per heavy atom. The molecule has 0 saturated heterocycles. The van der Waals surface area contributed by atoms with E-state index in [1.165, 1.54) is 0 Å². The van der Waals surface area contributed by atoms with Gasteiger partial charge in [0.25, 0.3) is 0 Å². The van der Waals surface area contributed by atoms with Crippen LogP contribution in [0, 0.1) is 0 Å². The summed E-state index contributed by atoms with van der Waals surface area (Å²) in [6.07, 6.45) is 0. The van der Waals surface area contributed by atoms with Crippen molar-refractivity contribution in [2.45, 2.75) is 6.54 Å². The average Bonchev–Trinajstić information content (AvgIpc) is 2.45. The van der Waals surface area contributed by atoms with Gasteiger partial charge in [0.15, 0.2) is 0 Å². The topological polar surface area (TPSA) is 50.9 Å². The fourth-order valence-corrected chi connectivity index (χ4v) is 2.06. The number of benzene rings is 2. The second-order valence-electron chi connectivity index (χ2n) is 4.49. The van der Waals surface area contributed by atoms with E-state index in [-0.39, 0.29) is 0 Å². The highest BCUT2D eigenvalue weighted by Crippen LogP contribution is 2.15. The molecule has 19 heavy (non-hydrogen) atoms. The van der Waals surface area contributed by atoms with Gasteiger partial charge >= 0.3 is 0 Å². The zero-order valence-electron chi connectivity index (χ0n) is 10.5. The van der Waals surface area contributed by atoms with Crippen molar-refractivity contribution in [2.75, 3.05) is 11.1 Å². The van der Waals surface area contributed by atoms with Crippen molar-refractivity contribution in [3.8, 4) is 0 Å². The van der Waals surface area contributed by atoms with Crippen LogP contribution in [0.2, 0.25) is 0 Å². The zero-order chi connectivity index (χ0) is 13.1. The number of nitrogen functional groups attached to an aromatic ring is 1. The molecule has 0 radical (unpaired) electrons. The van der Waals surface area contributed by atoms with Crippen molar-refractivity contribution in [3.05, 3.63) is 66.2 Å². The third-order valence-corrected chi connectivity index (χ3v) is 3.02. The lowest BCUT2D eigenvalue weighted by atomic mass is 10.2. The minimum Gasteiger partial charge on any atom is -0.399 e. The Morgan fingerprint density at radius 3 is 2.74 bits per heavy atom. The monoisotopic (exact) mass is 249 g/mol. The maximum Gasteiger partial charge on any atom is 0.126 e. The Kier molecular flexibility index (Phi) is 3.02. The molecule has 0 fully saturated rings. The zero-order valence-corrected chi connectivity index (χ0v) is 10.5. The van der Waals surface area contributed by atoms with Crippen LogP contribution in [0.25, 0.3) is 10.9 Å². The number of pyridine rings is 1. The van der Waals surface area contributed by atoms with E-state index in [4.69, 9.17) is 5.73 Å².